The van der Waals surface area contributed by atoms with E-state index in [-0.39, 0.29) is 0 Å². The van der Waals surface area contributed by atoms with Crippen LogP contribution in [0.25, 0.3) is 11.1 Å². The molecule has 0 fully saturated rings. The number of rotatable bonds is 1. The predicted molar refractivity (Wildman–Crippen MR) is 117 cm³/mol. The fourth-order valence-corrected chi connectivity index (χ4v) is 3.09. The molecular weight excluding hydrogens is 231 g/mol. The average molecular weight is 249 g/mol. The van der Waals surface area contributed by atoms with Gasteiger partial charge in [0, 0.05) is 0 Å². The Kier molecular flexibility index (Phi) is 4.14. The molecule has 0 atom stereocenters. The quantitative estimate of drug-likeness (QED) is 0.440. The highest BCUT2D eigenvalue weighted by atomic mass is 14.1. The van der Waals surface area contributed by atoms with Gasteiger partial charge in [-0.25, -0.2) is 0 Å². The first-order valence-corrected chi connectivity index (χ1v) is 7.40. The van der Waals surface area contributed by atoms with Crippen molar-refractivity contribution in [3.05, 3.63) is 12.1 Å². The molecule has 2 rings (SSSR count). The molecule has 0 radical (unpaired) electrons. The van der Waals surface area contributed by atoms with E-state index in [0.29, 0.717) is 0 Å². The van der Waals surface area contributed by atoms with Crippen molar-refractivity contribution < 1.29 is 0 Å². The Morgan fingerprint density at radius 1 is 0.450 bits per heavy atom. The highest BCUT2D eigenvalue weighted by Gasteiger charge is 2.14. The molecule has 0 aliphatic carbocycles. The molecule has 0 N–H and O–H groups in total. The molecule has 20 heavy (non-hydrogen) atoms. The van der Waals surface area contributed by atoms with Crippen molar-refractivity contribution in [2.45, 2.75) is 0 Å². The minimum absolute atomic E-state index is 1.39. The van der Waals surface area contributed by atoms with Crippen LogP contribution in [-0.2, 0) is 0 Å². The van der Waals surface area contributed by atoms with Gasteiger partial charge in [-0.3, -0.25) is 0 Å². The Labute approximate surface area is 130 Å². The maximum atomic E-state index is 2.37. The number of hydrogen-bond acceptors (Lipinski definition) is 0. The molecule has 0 heterocycles. The lowest BCUT2D eigenvalue weighted by Gasteiger charge is -2.22. The number of hydrogen-bond donors (Lipinski definition) is 0. The van der Waals surface area contributed by atoms with Crippen molar-refractivity contribution in [1.82, 2.24) is 0 Å². The smallest absolute Gasteiger partial charge is 0.102 e. The first-order valence-electron chi connectivity index (χ1n) is 7.40. The van der Waals surface area contributed by atoms with E-state index >= 15 is 0 Å². The third-order valence-electron chi connectivity index (χ3n) is 5.12. The summed E-state index contributed by atoms with van der Waals surface area (Å²) in [4.78, 5) is 0. The summed E-state index contributed by atoms with van der Waals surface area (Å²) in [5.74, 6) is 0. The van der Waals surface area contributed by atoms with Gasteiger partial charge in [0.2, 0.25) is 0 Å². The molecule has 0 saturated carbocycles. The first-order chi connectivity index (χ1) is 9.25. The summed E-state index contributed by atoms with van der Waals surface area (Å²) in [6.45, 7) is 0. The van der Waals surface area contributed by atoms with E-state index in [1.54, 1.807) is 0 Å². The molecule has 0 spiro atoms. The summed E-state index contributed by atoms with van der Waals surface area (Å²) < 4.78 is 0. The Hall–Kier alpha value is -1.04. The van der Waals surface area contributed by atoms with Gasteiger partial charge < -0.3 is 0 Å². The van der Waals surface area contributed by atoms with E-state index in [1.807, 2.05) is 0 Å². The molecule has 8 heteroatoms. The Bertz CT molecular complexity index is 681. The van der Waals surface area contributed by atoms with E-state index in [9.17, 15) is 0 Å². The normalized spacial score (nSPS) is 10.6. The topological polar surface area (TPSA) is 0 Å². The minimum atomic E-state index is 1.39. The van der Waals surface area contributed by atoms with E-state index < -0.39 is 0 Å². The highest BCUT2D eigenvalue weighted by molar-refractivity contribution is 6.65. The van der Waals surface area contributed by atoms with E-state index in [4.69, 9.17) is 0 Å². The van der Waals surface area contributed by atoms with Gasteiger partial charge in [-0.2, -0.15) is 0 Å². The van der Waals surface area contributed by atoms with E-state index in [0.717, 1.165) is 0 Å². The Balaban J connectivity index is 2.89. The summed E-state index contributed by atoms with van der Waals surface area (Å²) in [5, 5.41) is 0. The molecule has 2 aromatic carbocycles. The molecule has 0 aromatic heterocycles. The third kappa shape index (κ3) is 2.34. The fraction of sp³-hybridized carbons (Fsp3) is 0. The van der Waals surface area contributed by atoms with Crippen molar-refractivity contribution in [2.75, 3.05) is 0 Å². The van der Waals surface area contributed by atoms with Crippen LogP contribution in [-0.4, -0.2) is 62.8 Å². The number of benzene rings is 2. The average Bonchev–Trinajstić information content (AvgIpc) is 2.40. The molecule has 0 nitrogen and oxygen atoms in total. The lowest BCUT2D eigenvalue weighted by atomic mass is 9.61. The molecule has 2 aromatic rings. The van der Waals surface area contributed by atoms with Crippen LogP contribution in [0, 0.1) is 0 Å². The first kappa shape index (κ1) is 15.4. The van der Waals surface area contributed by atoms with Gasteiger partial charge in [-0.15, -0.1) is 10.9 Å². The van der Waals surface area contributed by atoms with Gasteiger partial charge in [0.25, 0.3) is 0 Å². The molecule has 0 amide bonds. The van der Waals surface area contributed by atoms with Crippen molar-refractivity contribution in [1.29, 1.82) is 0 Å². The van der Waals surface area contributed by atoms with Crippen LogP contribution < -0.4 is 43.7 Å². The molecule has 0 aliphatic heterocycles. The zero-order chi connectivity index (χ0) is 15.2. The van der Waals surface area contributed by atoms with Crippen LogP contribution in [0.2, 0.25) is 0 Å². The van der Waals surface area contributed by atoms with E-state index in [2.05, 4.69) is 74.9 Å². The zero-order valence-corrected chi connectivity index (χ0v) is 14.2. The second-order valence-electron chi connectivity index (χ2n) is 6.25. The molecule has 0 aliphatic rings. The Morgan fingerprint density at radius 2 is 0.900 bits per heavy atom. The standard InChI is InChI=1S/C12H18B8/c13-4-1-3(8(16)12(20)11(4)19)7-9(17)5(14)2-6(15)10(7)18/h1-2H,13-20H2. The lowest BCUT2D eigenvalue weighted by molar-refractivity contribution is 1.84. The van der Waals surface area contributed by atoms with Gasteiger partial charge in [-0.1, -0.05) is 44.9 Å². The summed E-state index contributed by atoms with van der Waals surface area (Å²) in [7, 11) is 17.9. The highest BCUT2D eigenvalue weighted by Crippen LogP contribution is 2.07. The van der Waals surface area contributed by atoms with Gasteiger partial charge in [-0.05, 0) is 11.1 Å². The van der Waals surface area contributed by atoms with Crippen molar-refractivity contribution in [3.8, 4) is 11.1 Å². The van der Waals surface area contributed by atoms with E-state index in [1.165, 1.54) is 54.8 Å². The monoisotopic (exact) mass is 250 g/mol. The zero-order valence-electron chi connectivity index (χ0n) is 14.2. The maximum Gasteiger partial charge on any atom is 0.139 e. The van der Waals surface area contributed by atoms with Crippen molar-refractivity contribution in [3.63, 3.8) is 0 Å². The second kappa shape index (κ2) is 5.39. The van der Waals surface area contributed by atoms with Crippen molar-refractivity contribution >= 4 is 106 Å². The van der Waals surface area contributed by atoms with Gasteiger partial charge >= 0.3 is 0 Å². The van der Waals surface area contributed by atoms with Crippen LogP contribution in [0.1, 0.15) is 0 Å². The molecule has 0 bridgehead atoms. The third-order valence-corrected chi connectivity index (χ3v) is 5.12. The van der Waals surface area contributed by atoms with Gasteiger partial charge in [0.15, 0.2) is 0 Å². The lowest BCUT2D eigenvalue weighted by Crippen LogP contribution is -2.50. The van der Waals surface area contributed by atoms with Crippen LogP contribution in [0.5, 0.6) is 0 Å². The maximum absolute atomic E-state index is 2.37. The molecular formula is C12H18B8. The predicted octanol–water partition coefficient (Wildman–Crippen LogP) is -10.6. The second-order valence-corrected chi connectivity index (χ2v) is 6.25. The summed E-state index contributed by atoms with van der Waals surface area (Å²) in [6, 6.07) is 4.67. The minimum Gasteiger partial charge on any atom is -0.102 e. The van der Waals surface area contributed by atoms with Gasteiger partial charge in [0.1, 0.15) is 62.8 Å². The summed E-state index contributed by atoms with van der Waals surface area (Å²) >= 11 is 0. The SMILES string of the molecule is Bc1cc(-c2c(B)c(B)cc(B)c2B)c(B)c(B)c1B. The Morgan fingerprint density at radius 3 is 1.40 bits per heavy atom. The summed E-state index contributed by atoms with van der Waals surface area (Å²) in [6.07, 6.45) is 0. The van der Waals surface area contributed by atoms with Gasteiger partial charge in [0.05, 0.1) is 0 Å². The van der Waals surface area contributed by atoms with Crippen molar-refractivity contribution in [2.24, 2.45) is 0 Å². The molecule has 0 unspecified atom stereocenters. The molecule has 90 valence electrons. The van der Waals surface area contributed by atoms with Crippen LogP contribution in [0.3, 0.4) is 0 Å². The molecule has 0 saturated heterocycles. The summed E-state index contributed by atoms with van der Waals surface area (Å²) in [5.41, 5.74) is 14.1. The van der Waals surface area contributed by atoms with Crippen LogP contribution in [0.15, 0.2) is 12.1 Å². The fourth-order valence-electron chi connectivity index (χ4n) is 3.09. The van der Waals surface area contributed by atoms with Crippen LogP contribution in [0.4, 0.5) is 0 Å². The van der Waals surface area contributed by atoms with Crippen LogP contribution >= 0.6 is 0 Å². The largest absolute Gasteiger partial charge is 0.139 e.